The molecule has 0 amide bonds. The van der Waals surface area contributed by atoms with Crippen molar-refractivity contribution in [2.45, 2.75) is 25.7 Å². The average molecular weight is 286 g/mol. The van der Waals surface area contributed by atoms with Crippen LogP contribution in [-0.4, -0.2) is 12.6 Å². The summed E-state index contributed by atoms with van der Waals surface area (Å²) in [6, 6.07) is 16.0. The van der Waals surface area contributed by atoms with Crippen LogP contribution < -0.4 is 0 Å². The van der Waals surface area contributed by atoms with Crippen LogP contribution >= 0.6 is 0 Å². The van der Waals surface area contributed by atoms with Crippen molar-refractivity contribution in [3.8, 4) is 0 Å². The summed E-state index contributed by atoms with van der Waals surface area (Å²) in [6.45, 7) is 3.76. The van der Waals surface area contributed by atoms with E-state index in [0.29, 0.717) is 12.0 Å². The van der Waals surface area contributed by atoms with E-state index >= 15 is 0 Å². The van der Waals surface area contributed by atoms with Crippen LogP contribution in [0.15, 0.2) is 54.6 Å². The Morgan fingerprint density at radius 2 is 1.71 bits per heavy atom. The summed E-state index contributed by atoms with van der Waals surface area (Å²) in [7, 11) is 0. The summed E-state index contributed by atoms with van der Waals surface area (Å²) in [6.07, 6.45) is 0.396. The second kappa shape index (κ2) is 6.53. The normalized spacial score (nSPS) is 13.5. The van der Waals surface area contributed by atoms with Crippen molar-refractivity contribution < 1.29 is 13.9 Å². The molecule has 0 spiro atoms. The standard InChI is InChI=1S/C18H19FO2/c1-3-21-17(20)18(2,13-14-9-5-4-6-10-14)15-11-7-8-12-16(15)19/h4-12H,3,13H2,1-2H3. The molecule has 1 atom stereocenters. The minimum absolute atomic E-state index is 0.275. The smallest absolute Gasteiger partial charge is 0.316 e. The molecule has 3 heteroatoms. The zero-order valence-electron chi connectivity index (χ0n) is 12.3. The van der Waals surface area contributed by atoms with Gasteiger partial charge in [0.15, 0.2) is 0 Å². The van der Waals surface area contributed by atoms with Crippen molar-refractivity contribution in [1.29, 1.82) is 0 Å². The Hall–Kier alpha value is -2.16. The first-order valence-corrected chi connectivity index (χ1v) is 7.04. The highest BCUT2D eigenvalue weighted by molar-refractivity contribution is 5.83. The Morgan fingerprint density at radius 1 is 1.10 bits per heavy atom. The molecule has 0 aliphatic heterocycles. The van der Waals surface area contributed by atoms with E-state index in [4.69, 9.17) is 4.74 Å². The van der Waals surface area contributed by atoms with E-state index in [1.807, 2.05) is 30.3 Å². The molecule has 0 bridgehead atoms. The molecule has 0 radical (unpaired) electrons. The van der Waals surface area contributed by atoms with E-state index in [9.17, 15) is 9.18 Å². The summed E-state index contributed by atoms with van der Waals surface area (Å²) in [5, 5.41) is 0. The SMILES string of the molecule is CCOC(=O)C(C)(Cc1ccccc1)c1ccccc1F. The quantitative estimate of drug-likeness (QED) is 0.779. The van der Waals surface area contributed by atoms with Crippen molar-refractivity contribution in [2.24, 2.45) is 0 Å². The van der Waals surface area contributed by atoms with E-state index in [2.05, 4.69) is 0 Å². The van der Waals surface area contributed by atoms with Crippen LogP contribution in [0, 0.1) is 5.82 Å². The molecular formula is C18H19FO2. The number of rotatable bonds is 5. The van der Waals surface area contributed by atoms with Gasteiger partial charge in [0.1, 0.15) is 5.82 Å². The van der Waals surface area contributed by atoms with Gasteiger partial charge in [-0.15, -0.1) is 0 Å². The zero-order valence-corrected chi connectivity index (χ0v) is 12.3. The molecule has 0 heterocycles. The number of ether oxygens (including phenoxy) is 1. The molecule has 21 heavy (non-hydrogen) atoms. The van der Waals surface area contributed by atoms with Crippen LogP contribution in [0.2, 0.25) is 0 Å². The highest BCUT2D eigenvalue weighted by Crippen LogP contribution is 2.31. The molecule has 0 saturated heterocycles. The average Bonchev–Trinajstić information content (AvgIpc) is 2.48. The molecule has 0 aromatic heterocycles. The van der Waals surface area contributed by atoms with Gasteiger partial charge >= 0.3 is 5.97 Å². The van der Waals surface area contributed by atoms with Crippen LogP contribution in [0.1, 0.15) is 25.0 Å². The van der Waals surface area contributed by atoms with Crippen LogP contribution in [0.25, 0.3) is 0 Å². The van der Waals surface area contributed by atoms with Crippen LogP contribution in [-0.2, 0) is 21.4 Å². The lowest BCUT2D eigenvalue weighted by atomic mass is 9.77. The molecule has 0 aliphatic rings. The van der Waals surface area contributed by atoms with Gasteiger partial charge < -0.3 is 4.74 Å². The highest BCUT2D eigenvalue weighted by atomic mass is 19.1. The van der Waals surface area contributed by atoms with Crippen LogP contribution in [0.4, 0.5) is 4.39 Å². The molecular weight excluding hydrogens is 267 g/mol. The summed E-state index contributed by atoms with van der Waals surface area (Å²) in [5.74, 6) is -0.789. The van der Waals surface area contributed by atoms with Crippen molar-refractivity contribution >= 4 is 5.97 Å². The van der Waals surface area contributed by atoms with Gasteiger partial charge in [-0.3, -0.25) is 4.79 Å². The second-order valence-electron chi connectivity index (χ2n) is 5.19. The van der Waals surface area contributed by atoms with Crippen LogP contribution in [0.3, 0.4) is 0 Å². The van der Waals surface area contributed by atoms with Gasteiger partial charge in [0.2, 0.25) is 0 Å². The fourth-order valence-corrected chi connectivity index (χ4v) is 2.48. The molecule has 0 fully saturated rings. The highest BCUT2D eigenvalue weighted by Gasteiger charge is 2.38. The Labute approximate surface area is 124 Å². The molecule has 0 saturated carbocycles. The maximum Gasteiger partial charge on any atom is 0.316 e. The summed E-state index contributed by atoms with van der Waals surface area (Å²) < 4.78 is 19.4. The van der Waals surface area contributed by atoms with E-state index in [1.54, 1.807) is 32.0 Å². The predicted octanol–water partition coefficient (Wildman–Crippen LogP) is 3.89. The maximum absolute atomic E-state index is 14.2. The van der Waals surface area contributed by atoms with Gasteiger partial charge in [0.25, 0.3) is 0 Å². The monoisotopic (exact) mass is 286 g/mol. The first-order valence-electron chi connectivity index (χ1n) is 7.04. The number of benzene rings is 2. The Kier molecular flexibility index (Phi) is 4.73. The number of esters is 1. The van der Waals surface area contributed by atoms with Gasteiger partial charge in [-0.1, -0.05) is 48.5 Å². The van der Waals surface area contributed by atoms with Crippen molar-refractivity contribution in [1.82, 2.24) is 0 Å². The van der Waals surface area contributed by atoms with E-state index in [-0.39, 0.29) is 12.4 Å². The Bertz CT molecular complexity index is 610. The topological polar surface area (TPSA) is 26.3 Å². The third-order valence-electron chi connectivity index (χ3n) is 3.59. The number of halogens is 1. The fraction of sp³-hybridized carbons (Fsp3) is 0.278. The third kappa shape index (κ3) is 3.30. The number of carbonyl (C=O) groups is 1. The third-order valence-corrected chi connectivity index (χ3v) is 3.59. The van der Waals surface area contributed by atoms with Gasteiger partial charge in [-0.25, -0.2) is 4.39 Å². The Balaban J connectivity index is 2.44. The summed E-state index contributed by atoms with van der Waals surface area (Å²) >= 11 is 0. The maximum atomic E-state index is 14.2. The summed E-state index contributed by atoms with van der Waals surface area (Å²) in [4.78, 5) is 12.4. The van der Waals surface area contributed by atoms with Gasteiger partial charge in [0.05, 0.1) is 12.0 Å². The molecule has 0 N–H and O–H groups in total. The van der Waals surface area contributed by atoms with Crippen molar-refractivity contribution in [3.63, 3.8) is 0 Å². The van der Waals surface area contributed by atoms with Crippen molar-refractivity contribution in [3.05, 3.63) is 71.5 Å². The summed E-state index contributed by atoms with van der Waals surface area (Å²) in [5.41, 5.74) is 0.298. The largest absolute Gasteiger partial charge is 0.465 e. The Morgan fingerprint density at radius 3 is 2.33 bits per heavy atom. The minimum Gasteiger partial charge on any atom is -0.465 e. The molecule has 1 unspecified atom stereocenters. The lowest BCUT2D eigenvalue weighted by molar-refractivity contribution is -0.149. The lowest BCUT2D eigenvalue weighted by Gasteiger charge is -2.28. The molecule has 110 valence electrons. The molecule has 2 rings (SSSR count). The molecule has 2 aromatic rings. The first kappa shape index (κ1) is 15.2. The zero-order chi connectivity index (χ0) is 15.3. The number of hydrogen-bond donors (Lipinski definition) is 0. The fourth-order valence-electron chi connectivity index (χ4n) is 2.48. The molecule has 2 aromatic carbocycles. The number of hydrogen-bond acceptors (Lipinski definition) is 2. The predicted molar refractivity (Wildman–Crippen MR) is 80.5 cm³/mol. The van der Waals surface area contributed by atoms with Crippen molar-refractivity contribution in [2.75, 3.05) is 6.61 Å². The minimum atomic E-state index is -1.04. The lowest BCUT2D eigenvalue weighted by Crippen LogP contribution is -2.37. The molecule has 2 nitrogen and oxygen atoms in total. The first-order chi connectivity index (χ1) is 10.1. The van der Waals surface area contributed by atoms with E-state index < -0.39 is 11.4 Å². The van der Waals surface area contributed by atoms with Gasteiger partial charge in [-0.05, 0) is 31.9 Å². The van der Waals surface area contributed by atoms with E-state index in [0.717, 1.165) is 5.56 Å². The number of carbonyl (C=O) groups excluding carboxylic acids is 1. The van der Waals surface area contributed by atoms with Gasteiger partial charge in [0, 0.05) is 5.56 Å². The van der Waals surface area contributed by atoms with Crippen LogP contribution in [0.5, 0.6) is 0 Å². The van der Waals surface area contributed by atoms with E-state index in [1.165, 1.54) is 6.07 Å². The molecule has 0 aliphatic carbocycles. The second-order valence-corrected chi connectivity index (χ2v) is 5.19. The van der Waals surface area contributed by atoms with Gasteiger partial charge in [-0.2, -0.15) is 0 Å².